The maximum atomic E-state index is 13.5. The van der Waals surface area contributed by atoms with Crippen molar-refractivity contribution in [1.82, 2.24) is 14.9 Å². The Kier molecular flexibility index (Phi) is 8.08. The average Bonchev–Trinajstić information content (AvgIpc) is 2.55. The lowest BCUT2D eigenvalue weighted by Crippen LogP contribution is -2.44. The molecule has 1 aromatic rings. The van der Waals surface area contributed by atoms with Crippen LogP contribution in [0.15, 0.2) is 29.2 Å². The second-order valence-electron chi connectivity index (χ2n) is 5.56. The number of benzene rings is 1. The van der Waals surface area contributed by atoms with Crippen LogP contribution in [0, 0.1) is 5.82 Å². The molecule has 1 aliphatic heterocycles. The molecule has 1 aromatic carbocycles. The lowest BCUT2D eigenvalue weighted by Gasteiger charge is -2.31. The van der Waals surface area contributed by atoms with Gasteiger partial charge in [-0.05, 0) is 38.1 Å². The van der Waals surface area contributed by atoms with E-state index in [2.05, 4.69) is 10.0 Å². The van der Waals surface area contributed by atoms with E-state index in [1.54, 1.807) is 11.9 Å². The molecule has 1 fully saturated rings. The minimum absolute atomic E-state index is 0. The fourth-order valence-corrected chi connectivity index (χ4v) is 3.72. The summed E-state index contributed by atoms with van der Waals surface area (Å²) in [5.74, 6) is -0.925. The van der Waals surface area contributed by atoms with Crippen LogP contribution < -0.4 is 10.0 Å². The van der Waals surface area contributed by atoms with E-state index in [9.17, 15) is 17.6 Å². The number of sulfonamides is 1. The van der Waals surface area contributed by atoms with Crippen molar-refractivity contribution in [1.29, 1.82) is 0 Å². The molecule has 136 valence electrons. The van der Waals surface area contributed by atoms with Gasteiger partial charge in [0, 0.05) is 26.1 Å². The Morgan fingerprint density at radius 1 is 1.33 bits per heavy atom. The summed E-state index contributed by atoms with van der Waals surface area (Å²) < 4.78 is 39.9. The van der Waals surface area contributed by atoms with E-state index in [4.69, 9.17) is 0 Å². The molecule has 2 N–H and O–H groups in total. The van der Waals surface area contributed by atoms with Crippen molar-refractivity contribution < 1.29 is 17.6 Å². The van der Waals surface area contributed by atoms with Gasteiger partial charge in [-0.3, -0.25) is 4.79 Å². The Balaban J connectivity index is 0.00000288. The largest absolute Gasteiger partial charge is 0.343 e. The van der Waals surface area contributed by atoms with E-state index in [0.29, 0.717) is 0 Å². The first-order valence-electron chi connectivity index (χ1n) is 7.62. The standard InChI is InChI=1S/C15H22FN3O3S.ClH/c1-19(12-6-9-17-10-7-12)15(20)8-11-18-23(21,22)14-5-3-2-4-13(14)16;/h2-5,12,17-18H,6-11H2,1H3;1H. The van der Waals surface area contributed by atoms with Crippen LogP contribution in [0.3, 0.4) is 0 Å². The number of piperidine rings is 1. The summed E-state index contributed by atoms with van der Waals surface area (Å²) in [6.07, 6.45) is 1.83. The predicted molar refractivity (Wildman–Crippen MR) is 92.1 cm³/mol. The van der Waals surface area contributed by atoms with Crippen molar-refractivity contribution in [2.75, 3.05) is 26.7 Å². The minimum atomic E-state index is -3.94. The molecule has 0 saturated carbocycles. The van der Waals surface area contributed by atoms with Crippen molar-refractivity contribution >= 4 is 28.3 Å². The molecule has 0 unspecified atom stereocenters. The molecule has 2 rings (SSSR count). The van der Waals surface area contributed by atoms with Crippen LogP contribution >= 0.6 is 12.4 Å². The topological polar surface area (TPSA) is 78.5 Å². The van der Waals surface area contributed by atoms with Gasteiger partial charge in [0.1, 0.15) is 10.7 Å². The van der Waals surface area contributed by atoms with Gasteiger partial charge in [-0.25, -0.2) is 17.5 Å². The SMILES string of the molecule is CN(C(=O)CCNS(=O)(=O)c1ccccc1F)C1CCNCC1.Cl. The normalized spacial score (nSPS) is 15.6. The number of hydrogen-bond acceptors (Lipinski definition) is 4. The zero-order valence-corrected chi connectivity index (χ0v) is 15.1. The van der Waals surface area contributed by atoms with E-state index >= 15 is 0 Å². The Hall–Kier alpha value is -1.22. The zero-order chi connectivity index (χ0) is 16.9. The zero-order valence-electron chi connectivity index (χ0n) is 13.5. The van der Waals surface area contributed by atoms with Gasteiger partial charge in [0.25, 0.3) is 0 Å². The maximum Gasteiger partial charge on any atom is 0.243 e. The minimum Gasteiger partial charge on any atom is -0.343 e. The molecular weight excluding hydrogens is 357 g/mol. The van der Waals surface area contributed by atoms with Gasteiger partial charge in [-0.1, -0.05) is 12.1 Å². The number of halogens is 2. The van der Waals surface area contributed by atoms with Crippen molar-refractivity contribution in [3.63, 3.8) is 0 Å². The number of amides is 1. The first-order chi connectivity index (χ1) is 10.9. The van der Waals surface area contributed by atoms with Gasteiger partial charge in [-0.15, -0.1) is 12.4 Å². The van der Waals surface area contributed by atoms with Crippen LogP contribution in [0.5, 0.6) is 0 Å². The molecule has 0 aromatic heterocycles. The second kappa shape index (κ2) is 9.31. The Morgan fingerprint density at radius 2 is 1.96 bits per heavy atom. The van der Waals surface area contributed by atoms with Gasteiger partial charge in [0.05, 0.1) is 0 Å². The number of carbonyl (C=O) groups is 1. The molecule has 1 saturated heterocycles. The number of carbonyl (C=O) groups excluding carboxylic acids is 1. The molecule has 0 aliphatic carbocycles. The molecule has 0 atom stereocenters. The highest BCUT2D eigenvalue weighted by Crippen LogP contribution is 2.14. The molecule has 0 spiro atoms. The monoisotopic (exact) mass is 379 g/mol. The van der Waals surface area contributed by atoms with E-state index < -0.39 is 20.7 Å². The lowest BCUT2D eigenvalue weighted by atomic mass is 10.1. The van der Waals surface area contributed by atoms with Crippen molar-refractivity contribution in [3.05, 3.63) is 30.1 Å². The van der Waals surface area contributed by atoms with Gasteiger partial charge < -0.3 is 10.2 Å². The first-order valence-corrected chi connectivity index (χ1v) is 9.10. The molecular formula is C15H23ClFN3O3S. The fourth-order valence-electron chi connectivity index (χ4n) is 2.61. The van der Waals surface area contributed by atoms with Crippen molar-refractivity contribution in [2.24, 2.45) is 0 Å². The van der Waals surface area contributed by atoms with Gasteiger partial charge >= 0.3 is 0 Å². The van der Waals surface area contributed by atoms with E-state index in [-0.39, 0.29) is 37.3 Å². The molecule has 24 heavy (non-hydrogen) atoms. The third-order valence-corrected chi connectivity index (χ3v) is 5.50. The maximum absolute atomic E-state index is 13.5. The lowest BCUT2D eigenvalue weighted by molar-refractivity contribution is -0.132. The molecule has 1 heterocycles. The van der Waals surface area contributed by atoms with Crippen molar-refractivity contribution in [2.45, 2.75) is 30.2 Å². The number of hydrogen-bond donors (Lipinski definition) is 2. The van der Waals surface area contributed by atoms with E-state index in [0.717, 1.165) is 32.0 Å². The molecule has 9 heteroatoms. The summed E-state index contributed by atoms with van der Waals surface area (Å²) in [4.78, 5) is 13.4. The second-order valence-corrected chi connectivity index (χ2v) is 7.30. The number of nitrogens with one attached hydrogen (secondary N) is 2. The Morgan fingerprint density at radius 3 is 2.58 bits per heavy atom. The molecule has 1 amide bonds. The summed E-state index contributed by atoms with van der Waals surface area (Å²) >= 11 is 0. The van der Waals surface area contributed by atoms with Crippen LogP contribution in [-0.4, -0.2) is 51.9 Å². The smallest absolute Gasteiger partial charge is 0.243 e. The highest BCUT2D eigenvalue weighted by molar-refractivity contribution is 7.89. The number of nitrogens with zero attached hydrogens (tertiary/aromatic N) is 1. The van der Waals surface area contributed by atoms with Gasteiger partial charge in [0.2, 0.25) is 15.9 Å². The van der Waals surface area contributed by atoms with Crippen LogP contribution in [-0.2, 0) is 14.8 Å². The Bertz CT molecular complexity index is 651. The fraction of sp³-hybridized carbons (Fsp3) is 0.533. The van der Waals surface area contributed by atoms with Crippen LogP contribution in [0.1, 0.15) is 19.3 Å². The average molecular weight is 380 g/mol. The first kappa shape index (κ1) is 20.8. The summed E-state index contributed by atoms with van der Waals surface area (Å²) in [6.45, 7) is 1.70. The third-order valence-electron chi connectivity index (χ3n) is 4.01. The predicted octanol–water partition coefficient (Wildman–Crippen LogP) is 1.13. The molecule has 6 nitrogen and oxygen atoms in total. The van der Waals surface area contributed by atoms with Crippen LogP contribution in [0.4, 0.5) is 4.39 Å². The molecule has 1 aliphatic rings. The van der Waals surface area contributed by atoms with Crippen LogP contribution in [0.2, 0.25) is 0 Å². The third kappa shape index (κ3) is 5.41. The quantitative estimate of drug-likeness (QED) is 0.776. The van der Waals surface area contributed by atoms with Gasteiger partial charge in [0.15, 0.2) is 0 Å². The summed E-state index contributed by atoms with van der Waals surface area (Å²) in [5, 5.41) is 3.23. The summed E-state index contributed by atoms with van der Waals surface area (Å²) in [5.41, 5.74) is 0. The highest BCUT2D eigenvalue weighted by atomic mass is 35.5. The number of rotatable bonds is 6. The van der Waals surface area contributed by atoms with E-state index in [1.807, 2.05) is 0 Å². The molecule has 0 bridgehead atoms. The summed E-state index contributed by atoms with van der Waals surface area (Å²) in [6, 6.07) is 5.34. The highest BCUT2D eigenvalue weighted by Gasteiger charge is 2.23. The van der Waals surface area contributed by atoms with E-state index in [1.165, 1.54) is 18.2 Å². The summed E-state index contributed by atoms with van der Waals surface area (Å²) in [7, 11) is -2.20. The van der Waals surface area contributed by atoms with Crippen molar-refractivity contribution in [3.8, 4) is 0 Å². The Labute approximate surface area is 148 Å². The van der Waals surface area contributed by atoms with Crippen LogP contribution in [0.25, 0.3) is 0 Å². The molecule has 0 radical (unpaired) electrons. The van der Waals surface area contributed by atoms with Gasteiger partial charge in [-0.2, -0.15) is 0 Å².